The Morgan fingerprint density at radius 1 is 1.31 bits per heavy atom. The average Bonchev–Trinajstić information content (AvgIpc) is 2.92. The second kappa shape index (κ2) is 6.41. The highest BCUT2D eigenvalue weighted by Crippen LogP contribution is 2.57. The fourth-order valence-corrected chi connectivity index (χ4v) is 5.04. The molecule has 2 heterocycles. The Morgan fingerprint density at radius 2 is 1.97 bits per heavy atom. The Morgan fingerprint density at radius 3 is 2.55 bits per heavy atom. The largest absolute Gasteiger partial charge is 0.296 e. The average molecular weight is 442 g/mol. The Balaban J connectivity index is 1.93. The number of rotatable bonds is 2. The third-order valence-corrected chi connectivity index (χ3v) is 7.35. The van der Waals surface area contributed by atoms with Gasteiger partial charge in [0.15, 0.2) is 0 Å². The van der Waals surface area contributed by atoms with Gasteiger partial charge in [-0.3, -0.25) is 9.36 Å². The van der Waals surface area contributed by atoms with Crippen LogP contribution in [0.3, 0.4) is 0 Å². The lowest BCUT2D eigenvalue weighted by atomic mass is 9.65. The zero-order valence-electron chi connectivity index (χ0n) is 16.7. The standard InChI is InChI=1S/C20H22ClF2N3O2S/c1-11(25-29(28)18(2,3)4)13-7-12(21)8-14-15(13)24-17-19(9-20(22,23)10-19)5-6-26(17)16(14)27/h7-8H,5-6,9-10H2,1-4H3/t29-/m1/s1. The van der Waals surface area contributed by atoms with Crippen LogP contribution in [0.25, 0.3) is 10.9 Å². The van der Waals surface area contributed by atoms with E-state index in [1.54, 1.807) is 13.0 Å². The van der Waals surface area contributed by atoms with Crippen molar-refractivity contribution in [3.8, 4) is 0 Å². The minimum absolute atomic E-state index is 0.286. The molecule has 9 heteroatoms. The highest BCUT2D eigenvalue weighted by atomic mass is 35.5. The van der Waals surface area contributed by atoms with Crippen molar-refractivity contribution in [2.45, 2.75) is 69.6 Å². The third kappa shape index (κ3) is 3.34. The number of hydrogen-bond acceptors (Lipinski definition) is 3. The summed E-state index contributed by atoms with van der Waals surface area (Å²) in [6, 6.07) is 3.17. The van der Waals surface area contributed by atoms with Crippen molar-refractivity contribution in [1.29, 1.82) is 0 Å². The van der Waals surface area contributed by atoms with Gasteiger partial charge >= 0.3 is 0 Å². The Kier molecular flexibility index (Phi) is 4.55. The molecule has 1 saturated carbocycles. The quantitative estimate of drug-likeness (QED) is 0.649. The number of alkyl halides is 2. The highest BCUT2D eigenvalue weighted by Gasteiger charge is 2.61. The summed E-state index contributed by atoms with van der Waals surface area (Å²) in [6.45, 7) is 7.50. The molecule has 1 aromatic heterocycles. The summed E-state index contributed by atoms with van der Waals surface area (Å²) >= 11 is 6.24. The zero-order valence-corrected chi connectivity index (χ0v) is 18.3. The Hall–Kier alpha value is -1.67. The van der Waals surface area contributed by atoms with Crippen LogP contribution in [0.1, 0.15) is 58.3 Å². The molecule has 1 aliphatic heterocycles. The van der Waals surface area contributed by atoms with Crippen molar-refractivity contribution in [1.82, 2.24) is 9.55 Å². The van der Waals surface area contributed by atoms with Crippen LogP contribution >= 0.6 is 11.6 Å². The van der Waals surface area contributed by atoms with Gasteiger partial charge < -0.3 is 0 Å². The number of halogens is 3. The van der Waals surface area contributed by atoms with Gasteiger partial charge in [0, 0.05) is 35.4 Å². The lowest BCUT2D eigenvalue weighted by Crippen LogP contribution is -2.49. The molecule has 1 spiro atoms. The van der Waals surface area contributed by atoms with E-state index in [1.165, 1.54) is 10.6 Å². The first-order chi connectivity index (χ1) is 13.3. The molecule has 2 aromatic rings. The first kappa shape index (κ1) is 20.6. The van der Waals surface area contributed by atoms with Gasteiger partial charge in [0.1, 0.15) is 16.8 Å². The van der Waals surface area contributed by atoms with E-state index in [9.17, 15) is 17.8 Å². The smallest absolute Gasteiger partial charge is 0.261 e. The molecule has 1 aliphatic carbocycles. The van der Waals surface area contributed by atoms with Crippen molar-refractivity contribution >= 4 is 39.2 Å². The van der Waals surface area contributed by atoms with Crippen LogP contribution in [0.15, 0.2) is 21.3 Å². The van der Waals surface area contributed by atoms with E-state index in [2.05, 4.69) is 9.38 Å². The van der Waals surface area contributed by atoms with E-state index >= 15 is 0 Å². The number of benzene rings is 1. The van der Waals surface area contributed by atoms with Crippen LogP contribution in [0.4, 0.5) is 8.78 Å². The molecule has 0 radical (unpaired) electrons. The Bertz CT molecular complexity index is 1140. The molecule has 2 aliphatic rings. The lowest BCUT2D eigenvalue weighted by molar-refractivity contribution is -0.127. The summed E-state index contributed by atoms with van der Waals surface area (Å²) in [5.41, 5.74) is 0.264. The number of fused-ring (bicyclic) bond motifs is 3. The van der Waals surface area contributed by atoms with Crippen LogP contribution in [0.5, 0.6) is 0 Å². The first-order valence-corrected chi connectivity index (χ1v) is 10.9. The van der Waals surface area contributed by atoms with Gasteiger partial charge in [-0.2, -0.15) is 4.40 Å². The van der Waals surface area contributed by atoms with E-state index in [1.807, 2.05) is 20.8 Å². The molecule has 0 bridgehead atoms. The van der Waals surface area contributed by atoms with Gasteiger partial charge in [-0.15, -0.1) is 0 Å². The van der Waals surface area contributed by atoms with E-state index in [-0.39, 0.29) is 18.4 Å². The van der Waals surface area contributed by atoms with Gasteiger partial charge in [0.2, 0.25) is 5.92 Å². The summed E-state index contributed by atoms with van der Waals surface area (Å²) in [5.74, 6) is -2.31. The van der Waals surface area contributed by atoms with Crippen LogP contribution in [-0.4, -0.2) is 30.1 Å². The van der Waals surface area contributed by atoms with Crippen molar-refractivity contribution in [2.24, 2.45) is 4.40 Å². The number of aromatic nitrogens is 2. The normalized spacial score (nSPS) is 21.3. The summed E-state index contributed by atoms with van der Waals surface area (Å²) < 4.78 is 45.1. The number of nitrogens with zero attached hydrogens (tertiary/aromatic N) is 3. The molecule has 0 amide bonds. The Labute approximate surface area is 174 Å². The molecular weight excluding hydrogens is 420 g/mol. The second-order valence-corrected chi connectivity index (χ2v) is 11.4. The van der Waals surface area contributed by atoms with E-state index in [4.69, 9.17) is 11.6 Å². The first-order valence-electron chi connectivity index (χ1n) is 9.43. The molecule has 156 valence electrons. The zero-order chi connectivity index (χ0) is 21.4. The monoisotopic (exact) mass is 441 g/mol. The number of hydrogen-bond donors (Lipinski definition) is 0. The van der Waals surface area contributed by atoms with Crippen LogP contribution < -0.4 is 5.56 Å². The van der Waals surface area contributed by atoms with E-state index < -0.39 is 27.1 Å². The fraction of sp³-hybridized carbons (Fsp3) is 0.550. The molecular formula is C20H22ClF2N3O2S. The third-order valence-electron chi connectivity index (χ3n) is 5.64. The molecule has 5 nitrogen and oxygen atoms in total. The van der Waals surface area contributed by atoms with Gasteiger partial charge in [-0.05, 0) is 46.2 Å². The van der Waals surface area contributed by atoms with Crippen molar-refractivity contribution < 1.29 is 13.0 Å². The molecule has 1 fully saturated rings. The predicted octanol–water partition coefficient (Wildman–Crippen LogP) is 4.39. The highest BCUT2D eigenvalue weighted by molar-refractivity contribution is 7.85. The summed E-state index contributed by atoms with van der Waals surface area (Å²) in [6.07, 6.45) is -0.102. The molecule has 1 atom stereocenters. The van der Waals surface area contributed by atoms with E-state index in [0.717, 1.165) is 0 Å². The van der Waals surface area contributed by atoms with Crippen LogP contribution in [0.2, 0.25) is 5.02 Å². The second-order valence-electron chi connectivity index (χ2n) is 9.02. The molecule has 29 heavy (non-hydrogen) atoms. The maximum Gasteiger partial charge on any atom is 0.261 e. The minimum atomic E-state index is -2.72. The van der Waals surface area contributed by atoms with Gasteiger partial charge in [0.25, 0.3) is 5.56 Å². The van der Waals surface area contributed by atoms with Crippen LogP contribution in [-0.2, 0) is 22.9 Å². The summed E-state index contributed by atoms with van der Waals surface area (Å²) in [7, 11) is -1.50. The predicted molar refractivity (Wildman–Crippen MR) is 112 cm³/mol. The molecule has 0 N–H and O–H groups in total. The molecule has 1 aromatic carbocycles. The van der Waals surface area contributed by atoms with Gasteiger partial charge in [-0.25, -0.2) is 18.0 Å². The topological polar surface area (TPSA) is 64.3 Å². The van der Waals surface area contributed by atoms with Crippen molar-refractivity contribution in [2.75, 3.05) is 0 Å². The maximum atomic E-state index is 13.7. The summed E-state index contributed by atoms with van der Waals surface area (Å²) in [4.78, 5) is 17.8. The molecule has 4 rings (SSSR count). The van der Waals surface area contributed by atoms with Crippen molar-refractivity contribution in [3.05, 3.63) is 38.9 Å². The van der Waals surface area contributed by atoms with Crippen molar-refractivity contribution in [3.63, 3.8) is 0 Å². The summed E-state index contributed by atoms with van der Waals surface area (Å²) in [5, 5.41) is 0.654. The van der Waals surface area contributed by atoms with Gasteiger partial charge in [-0.1, -0.05) is 11.6 Å². The maximum absolute atomic E-state index is 13.7. The van der Waals surface area contributed by atoms with E-state index in [0.29, 0.717) is 46.0 Å². The fourth-order valence-electron chi connectivity index (χ4n) is 4.20. The molecule has 0 saturated heterocycles. The molecule has 0 unspecified atom stereocenters. The minimum Gasteiger partial charge on any atom is -0.296 e. The SMILES string of the molecule is CC(=N[S@](=O)C(C)(C)C)c1cc(Cl)cc2c(=O)n3c(nc12)C1(CC3)CC(F)(F)C1. The lowest BCUT2D eigenvalue weighted by Gasteiger charge is -2.43. The van der Waals surface area contributed by atoms with Gasteiger partial charge in [0.05, 0.1) is 21.4 Å². The van der Waals surface area contributed by atoms with Crippen LogP contribution in [0, 0.1) is 0 Å².